The quantitative estimate of drug-likeness (QED) is 0.724. The molecule has 1 rings (SSSR count). The molecular formula is C16H30BrN3. The summed E-state index contributed by atoms with van der Waals surface area (Å²) in [7, 11) is 2.05. The molecule has 1 heterocycles. The van der Waals surface area contributed by atoms with E-state index >= 15 is 0 Å². The van der Waals surface area contributed by atoms with Crippen molar-refractivity contribution < 1.29 is 0 Å². The molecule has 0 saturated heterocycles. The maximum Gasteiger partial charge on any atom is 0.0766 e. The maximum absolute atomic E-state index is 4.59. The summed E-state index contributed by atoms with van der Waals surface area (Å²) in [5.74, 6) is 0.719. The molecule has 0 aromatic carbocycles. The van der Waals surface area contributed by atoms with Crippen LogP contribution in [0.1, 0.15) is 52.4 Å². The molecule has 0 aliphatic heterocycles. The van der Waals surface area contributed by atoms with E-state index in [-0.39, 0.29) is 5.41 Å². The number of halogens is 1. The number of nitrogens with one attached hydrogen (secondary N) is 1. The lowest BCUT2D eigenvalue weighted by molar-refractivity contribution is 0.314. The minimum absolute atomic E-state index is 0.283. The van der Waals surface area contributed by atoms with E-state index in [1.807, 2.05) is 11.7 Å². The van der Waals surface area contributed by atoms with E-state index in [1.54, 1.807) is 0 Å². The van der Waals surface area contributed by atoms with Gasteiger partial charge in [0.1, 0.15) is 0 Å². The van der Waals surface area contributed by atoms with Crippen LogP contribution in [0, 0.1) is 11.3 Å². The van der Waals surface area contributed by atoms with Crippen LogP contribution in [0.5, 0.6) is 0 Å². The highest BCUT2D eigenvalue weighted by molar-refractivity contribution is 9.10. The molecule has 20 heavy (non-hydrogen) atoms. The fraction of sp³-hybridized carbons (Fsp3) is 0.812. The molecule has 0 amide bonds. The Kier molecular flexibility index (Phi) is 6.73. The van der Waals surface area contributed by atoms with Crippen molar-refractivity contribution in [3.8, 4) is 0 Å². The van der Waals surface area contributed by atoms with Gasteiger partial charge in [-0.2, -0.15) is 5.10 Å². The Morgan fingerprint density at radius 3 is 2.50 bits per heavy atom. The summed E-state index contributed by atoms with van der Waals surface area (Å²) < 4.78 is 3.23. The fourth-order valence-corrected chi connectivity index (χ4v) is 3.13. The summed E-state index contributed by atoms with van der Waals surface area (Å²) in [5.41, 5.74) is 2.76. The lowest BCUT2D eigenvalue weighted by Gasteiger charge is -2.25. The first kappa shape index (κ1) is 17.7. The smallest absolute Gasteiger partial charge is 0.0766 e. The summed E-state index contributed by atoms with van der Waals surface area (Å²) in [6.45, 7) is 13.5. The van der Waals surface area contributed by atoms with Crippen molar-refractivity contribution in [1.82, 2.24) is 15.1 Å². The number of aromatic nitrogens is 2. The molecule has 0 fully saturated rings. The van der Waals surface area contributed by atoms with Crippen molar-refractivity contribution in [3.63, 3.8) is 0 Å². The monoisotopic (exact) mass is 343 g/mol. The standard InChI is InChI=1S/C16H30BrN3/c1-7-13-15(17)14(20(6)19-13)10-16(4,5)8-9-18-11-12(2)3/h12,18H,7-11H2,1-6H3. The molecular weight excluding hydrogens is 314 g/mol. The Morgan fingerprint density at radius 1 is 1.35 bits per heavy atom. The van der Waals surface area contributed by atoms with E-state index in [0.717, 1.165) is 37.5 Å². The fourth-order valence-electron chi connectivity index (χ4n) is 2.37. The zero-order valence-corrected chi connectivity index (χ0v) is 15.5. The van der Waals surface area contributed by atoms with Crippen molar-refractivity contribution in [2.75, 3.05) is 13.1 Å². The van der Waals surface area contributed by atoms with Gasteiger partial charge in [0.25, 0.3) is 0 Å². The van der Waals surface area contributed by atoms with Crippen LogP contribution < -0.4 is 5.32 Å². The highest BCUT2D eigenvalue weighted by Gasteiger charge is 2.23. The lowest BCUT2D eigenvalue weighted by Crippen LogP contribution is -2.27. The zero-order chi connectivity index (χ0) is 15.3. The van der Waals surface area contributed by atoms with Crippen molar-refractivity contribution in [3.05, 3.63) is 15.9 Å². The first-order valence-corrected chi connectivity index (χ1v) is 8.47. The molecule has 0 saturated carbocycles. The van der Waals surface area contributed by atoms with E-state index in [0.29, 0.717) is 0 Å². The Bertz CT molecular complexity index is 422. The van der Waals surface area contributed by atoms with Gasteiger partial charge < -0.3 is 5.32 Å². The van der Waals surface area contributed by atoms with E-state index in [4.69, 9.17) is 0 Å². The van der Waals surface area contributed by atoms with Gasteiger partial charge >= 0.3 is 0 Å². The van der Waals surface area contributed by atoms with Gasteiger partial charge in [-0.25, -0.2) is 0 Å². The number of aryl methyl sites for hydroxylation is 2. The van der Waals surface area contributed by atoms with Crippen molar-refractivity contribution in [1.29, 1.82) is 0 Å². The second kappa shape index (κ2) is 7.60. The molecule has 1 aromatic heterocycles. The van der Waals surface area contributed by atoms with Gasteiger partial charge in [0, 0.05) is 7.05 Å². The van der Waals surface area contributed by atoms with E-state index in [9.17, 15) is 0 Å². The minimum Gasteiger partial charge on any atom is -0.316 e. The Balaban J connectivity index is 2.59. The Labute approximate surface area is 132 Å². The van der Waals surface area contributed by atoms with E-state index in [2.05, 4.69) is 61.0 Å². The molecule has 1 aromatic rings. The van der Waals surface area contributed by atoms with Crippen LogP contribution in [0.15, 0.2) is 4.47 Å². The Morgan fingerprint density at radius 2 is 2.00 bits per heavy atom. The largest absolute Gasteiger partial charge is 0.316 e. The topological polar surface area (TPSA) is 29.9 Å². The van der Waals surface area contributed by atoms with Crippen molar-refractivity contribution >= 4 is 15.9 Å². The number of hydrogen-bond acceptors (Lipinski definition) is 2. The van der Waals surface area contributed by atoms with Crippen LogP contribution in [0.25, 0.3) is 0 Å². The molecule has 0 aliphatic carbocycles. The Hall–Kier alpha value is -0.350. The summed E-state index contributed by atoms with van der Waals surface area (Å²) in [6.07, 6.45) is 3.21. The number of nitrogens with zero attached hydrogens (tertiary/aromatic N) is 2. The van der Waals surface area contributed by atoms with Crippen LogP contribution in [0.4, 0.5) is 0 Å². The van der Waals surface area contributed by atoms with Crippen LogP contribution in [-0.4, -0.2) is 22.9 Å². The molecule has 0 radical (unpaired) electrons. The predicted molar refractivity (Wildman–Crippen MR) is 90.1 cm³/mol. The van der Waals surface area contributed by atoms with E-state index in [1.165, 1.54) is 16.6 Å². The average Bonchev–Trinajstić information content (AvgIpc) is 2.61. The molecule has 0 spiro atoms. The SMILES string of the molecule is CCc1nn(C)c(CC(C)(C)CCNCC(C)C)c1Br. The summed E-state index contributed by atoms with van der Waals surface area (Å²) in [4.78, 5) is 0. The van der Waals surface area contributed by atoms with Gasteiger partial charge in [0.2, 0.25) is 0 Å². The maximum atomic E-state index is 4.59. The van der Waals surface area contributed by atoms with Gasteiger partial charge in [0.05, 0.1) is 15.9 Å². The highest BCUT2D eigenvalue weighted by atomic mass is 79.9. The van der Waals surface area contributed by atoms with Gasteiger partial charge in [-0.1, -0.05) is 34.6 Å². The molecule has 3 nitrogen and oxygen atoms in total. The molecule has 0 bridgehead atoms. The van der Waals surface area contributed by atoms with Gasteiger partial charge in [-0.15, -0.1) is 0 Å². The lowest BCUT2D eigenvalue weighted by atomic mass is 9.84. The van der Waals surface area contributed by atoms with Crippen molar-refractivity contribution in [2.24, 2.45) is 18.4 Å². The third-order valence-electron chi connectivity index (χ3n) is 3.68. The summed E-state index contributed by atoms with van der Waals surface area (Å²) >= 11 is 3.72. The molecule has 4 heteroatoms. The number of hydrogen-bond donors (Lipinski definition) is 1. The van der Waals surface area contributed by atoms with Crippen LogP contribution in [0.3, 0.4) is 0 Å². The zero-order valence-electron chi connectivity index (χ0n) is 13.9. The molecule has 0 aliphatic rings. The minimum atomic E-state index is 0.283. The molecule has 0 atom stereocenters. The second-order valence-electron chi connectivity index (χ2n) is 6.87. The van der Waals surface area contributed by atoms with Crippen LogP contribution in [-0.2, 0) is 19.9 Å². The third kappa shape index (κ3) is 5.21. The van der Waals surface area contributed by atoms with Gasteiger partial charge in [-0.3, -0.25) is 4.68 Å². The van der Waals surface area contributed by atoms with E-state index < -0.39 is 0 Å². The second-order valence-corrected chi connectivity index (χ2v) is 7.67. The van der Waals surface area contributed by atoms with Gasteiger partial charge in [0.15, 0.2) is 0 Å². The van der Waals surface area contributed by atoms with Crippen LogP contribution in [0.2, 0.25) is 0 Å². The third-order valence-corrected chi connectivity index (χ3v) is 4.60. The predicted octanol–water partition coefficient (Wildman–Crippen LogP) is 3.95. The average molecular weight is 344 g/mol. The molecule has 1 N–H and O–H groups in total. The first-order chi connectivity index (χ1) is 9.26. The van der Waals surface area contributed by atoms with Crippen LogP contribution >= 0.6 is 15.9 Å². The van der Waals surface area contributed by atoms with Gasteiger partial charge in [-0.05, 0) is 59.6 Å². The normalized spacial score (nSPS) is 12.4. The summed E-state index contributed by atoms with van der Waals surface area (Å²) in [6, 6.07) is 0. The number of rotatable bonds is 8. The molecule has 0 unspecified atom stereocenters. The first-order valence-electron chi connectivity index (χ1n) is 7.67. The van der Waals surface area contributed by atoms with Crippen molar-refractivity contribution in [2.45, 2.75) is 53.9 Å². The molecule has 116 valence electrons. The summed E-state index contributed by atoms with van der Waals surface area (Å²) in [5, 5.41) is 8.12. The highest BCUT2D eigenvalue weighted by Crippen LogP contribution is 2.31.